The second kappa shape index (κ2) is 3.71. The number of nitrogens with one attached hydrogen (secondary N) is 3. The minimum atomic E-state index is 0.545. The van der Waals surface area contributed by atoms with Gasteiger partial charge in [0.1, 0.15) is 5.82 Å². The lowest BCUT2D eigenvalue weighted by Crippen LogP contribution is -2.45. The minimum absolute atomic E-state index is 0.545. The van der Waals surface area contributed by atoms with E-state index >= 15 is 0 Å². The highest BCUT2D eigenvalue weighted by molar-refractivity contribution is 5.35. The SMILES string of the molecule is c1cc(NC[C@H]2[C@H]3CN[C@@H]2C3)n(C2CNC2)n1. The van der Waals surface area contributed by atoms with E-state index in [0.717, 1.165) is 37.5 Å². The first kappa shape index (κ1) is 9.91. The van der Waals surface area contributed by atoms with Gasteiger partial charge in [0.25, 0.3) is 0 Å². The van der Waals surface area contributed by atoms with E-state index in [1.165, 1.54) is 18.8 Å². The fraction of sp³-hybridized carbons (Fsp3) is 0.750. The highest BCUT2D eigenvalue weighted by atomic mass is 15.4. The van der Waals surface area contributed by atoms with Gasteiger partial charge in [0.15, 0.2) is 0 Å². The number of anilines is 1. The van der Waals surface area contributed by atoms with E-state index in [2.05, 4.69) is 31.8 Å². The molecule has 1 aromatic heterocycles. The van der Waals surface area contributed by atoms with Crippen molar-refractivity contribution in [2.24, 2.45) is 11.8 Å². The Morgan fingerprint density at radius 3 is 3.00 bits per heavy atom. The van der Waals surface area contributed by atoms with Crippen molar-refractivity contribution in [3.05, 3.63) is 12.3 Å². The largest absolute Gasteiger partial charge is 0.370 e. The lowest BCUT2D eigenvalue weighted by Gasteiger charge is -2.35. The molecule has 0 radical (unpaired) electrons. The van der Waals surface area contributed by atoms with Gasteiger partial charge in [-0.1, -0.05) is 0 Å². The molecule has 3 atom stereocenters. The number of nitrogens with zero attached hydrogens (tertiary/aromatic N) is 2. The molecular formula is C12H19N5. The summed E-state index contributed by atoms with van der Waals surface area (Å²) in [4.78, 5) is 0. The van der Waals surface area contributed by atoms with E-state index in [0.29, 0.717) is 6.04 Å². The third kappa shape index (κ3) is 1.49. The number of aromatic nitrogens is 2. The zero-order valence-corrected chi connectivity index (χ0v) is 9.89. The van der Waals surface area contributed by atoms with Crippen molar-refractivity contribution in [1.29, 1.82) is 0 Å². The third-order valence-corrected chi connectivity index (χ3v) is 4.62. The molecule has 0 spiro atoms. The van der Waals surface area contributed by atoms with Gasteiger partial charge in [0.2, 0.25) is 0 Å². The Bertz CT molecular complexity index is 397. The van der Waals surface area contributed by atoms with Crippen molar-refractivity contribution in [3.63, 3.8) is 0 Å². The molecule has 17 heavy (non-hydrogen) atoms. The molecule has 5 rings (SSSR count). The van der Waals surface area contributed by atoms with Crippen LogP contribution in [0.1, 0.15) is 12.5 Å². The summed E-state index contributed by atoms with van der Waals surface area (Å²) in [7, 11) is 0. The predicted molar refractivity (Wildman–Crippen MR) is 66.0 cm³/mol. The van der Waals surface area contributed by atoms with Crippen molar-refractivity contribution < 1.29 is 0 Å². The average molecular weight is 233 g/mol. The van der Waals surface area contributed by atoms with E-state index < -0.39 is 0 Å². The summed E-state index contributed by atoms with van der Waals surface area (Å²) in [5.41, 5.74) is 0. The Kier molecular flexibility index (Phi) is 2.16. The van der Waals surface area contributed by atoms with Crippen LogP contribution in [0.3, 0.4) is 0 Å². The van der Waals surface area contributed by atoms with Crippen LogP contribution in [0.15, 0.2) is 12.3 Å². The predicted octanol–water partition coefficient (Wildman–Crippen LogP) is 0.0472. The van der Waals surface area contributed by atoms with Crippen LogP contribution in [0.5, 0.6) is 0 Å². The molecule has 2 bridgehead atoms. The maximum Gasteiger partial charge on any atom is 0.124 e. The highest BCUT2D eigenvalue weighted by Crippen LogP contribution is 2.39. The summed E-state index contributed by atoms with van der Waals surface area (Å²) in [6, 6.07) is 3.41. The van der Waals surface area contributed by atoms with Gasteiger partial charge < -0.3 is 16.0 Å². The summed E-state index contributed by atoms with van der Waals surface area (Å²) in [5, 5.41) is 14.8. The van der Waals surface area contributed by atoms with Crippen LogP contribution in [-0.4, -0.2) is 42.0 Å². The van der Waals surface area contributed by atoms with Gasteiger partial charge >= 0.3 is 0 Å². The van der Waals surface area contributed by atoms with Gasteiger partial charge in [0, 0.05) is 31.7 Å². The van der Waals surface area contributed by atoms with Crippen LogP contribution < -0.4 is 16.0 Å². The monoisotopic (exact) mass is 233 g/mol. The molecule has 1 aromatic rings. The van der Waals surface area contributed by atoms with E-state index in [1.807, 2.05) is 6.20 Å². The fourth-order valence-electron chi connectivity index (χ4n) is 3.30. The van der Waals surface area contributed by atoms with Crippen molar-refractivity contribution in [1.82, 2.24) is 20.4 Å². The molecule has 0 amide bonds. The van der Waals surface area contributed by atoms with Gasteiger partial charge in [-0.25, -0.2) is 4.68 Å². The molecule has 4 heterocycles. The summed E-state index contributed by atoms with van der Waals surface area (Å²) >= 11 is 0. The molecular weight excluding hydrogens is 214 g/mol. The minimum Gasteiger partial charge on any atom is -0.370 e. The van der Waals surface area contributed by atoms with Crippen LogP contribution >= 0.6 is 0 Å². The number of hydrogen-bond donors (Lipinski definition) is 3. The van der Waals surface area contributed by atoms with Gasteiger partial charge in [-0.3, -0.25) is 0 Å². The molecule has 0 aromatic carbocycles. The third-order valence-electron chi connectivity index (χ3n) is 4.62. The van der Waals surface area contributed by atoms with E-state index in [4.69, 9.17) is 0 Å². The maximum absolute atomic E-state index is 4.41. The van der Waals surface area contributed by atoms with Gasteiger partial charge in [-0.2, -0.15) is 5.10 Å². The van der Waals surface area contributed by atoms with Crippen LogP contribution in [0.2, 0.25) is 0 Å². The molecule has 5 heteroatoms. The molecule has 92 valence electrons. The Morgan fingerprint density at radius 2 is 2.35 bits per heavy atom. The van der Waals surface area contributed by atoms with Gasteiger partial charge in [-0.05, 0) is 24.8 Å². The first-order chi connectivity index (χ1) is 8.42. The van der Waals surface area contributed by atoms with Crippen LogP contribution in [0.4, 0.5) is 5.82 Å². The number of rotatable bonds is 4. The Morgan fingerprint density at radius 1 is 1.41 bits per heavy atom. The molecule has 4 aliphatic rings. The number of fused-ring (bicyclic) bond motifs is 1. The molecule has 3 N–H and O–H groups in total. The summed E-state index contributed by atoms with van der Waals surface area (Å²) in [5.74, 6) is 2.93. The summed E-state index contributed by atoms with van der Waals surface area (Å²) in [6.45, 7) is 4.41. The van der Waals surface area contributed by atoms with Crippen LogP contribution in [-0.2, 0) is 0 Å². The van der Waals surface area contributed by atoms with Crippen molar-refractivity contribution >= 4 is 5.82 Å². The average Bonchev–Trinajstić information content (AvgIpc) is 2.89. The van der Waals surface area contributed by atoms with Gasteiger partial charge in [0.05, 0.1) is 12.2 Å². The standard InChI is InChI=1S/C12H19N5/c1-2-16-17(9-5-13-6-9)12(1)15-7-10-8-3-11(10)14-4-8/h1-2,8-11,13-15H,3-7H2/t8-,10+,11-/m1/s1. The molecule has 1 saturated carbocycles. The Labute approximate surface area is 101 Å². The van der Waals surface area contributed by atoms with Crippen LogP contribution in [0.25, 0.3) is 0 Å². The first-order valence-corrected chi connectivity index (χ1v) is 6.63. The summed E-state index contributed by atoms with van der Waals surface area (Å²) < 4.78 is 2.13. The first-order valence-electron chi connectivity index (χ1n) is 6.63. The van der Waals surface area contributed by atoms with Gasteiger partial charge in [-0.15, -0.1) is 0 Å². The molecule has 5 nitrogen and oxygen atoms in total. The highest BCUT2D eigenvalue weighted by Gasteiger charge is 2.46. The fourth-order valence-corrected chi connectivity index (χ4v) is 3.30. The second-order valence-corrected chi connectivity index (χ2v) is 5.53. The summed E-state index contributed by atoms with van der Waals surface area (Å²) in [6.07, 6.45) is 3.28. The van der Waals surface area contributed by atoms with E-state index in [9.17, 15) is 0 Å². The molecule has 4 fully saturated rings. The Hall–Kier alpha value is -1.07. The topological polar surface area (TPSA) is 53.9 Å². The molecule has 3 saturated heterocycles. The van der Waals surface area contributed by atoms with Crippen molar-refractivity contribution in [2.45, 2.75) is 18.5 Å². The Balaban J connectivity index is 1.40. The molecule has 0 unspecified atom stereocenters. The lowest BCUT2D eigenvalue weighted by molar-refractivity contribution is 0.229. The smallest absolute Gasteiger partial charge is 0.124 e. The van der Waals surface area contributed by atoms with Crippen molar-refractivity contribution in [2.75, 3.05) is 31.5 Å². The second-order valence-electron chi connectivity index (χ2n) is 5.53. The maximum atomic E-state index is 4.41. The van der Waals surface area contributed by atoms with E-state index in [-0.39, 0.29) is 0 Å². The lowest BCUT2D eigenvalue weighted by atomic mass is 9.74. The molecule has 3 aliphatic heterocycles. The molecule has 1 aliphatic carbocycles. The van der Waals surface area contributed by atoms with Crippen molar-refractivity contribution in [3.8, 4) is 0 Å². The van der Waals surface area contributed by atoms with E-state index in [1.54, 1.807) is 0 Å². The quantitative estimate of drug-likeness (QED) is 0.688. The zero-order valence-electron chi connectivity index (χ0n) is 9.89. The normalized spacial score (nSPS) is 35.4. The zero-order chi connectivity index (χ0) is 11.2. The van der Waals surface area contributed by atoms with Crippen LogP contribution in [0, 0.1) is 11.8 Å². The number of hydrogen-bond acceptors (Lipinski definition) is 4.